The van der Waals surface area contributed by atoms with Gasteiger partial charge in [-0.25, -0.2) is 0 Å². The van der Waals surface area contributed by atoms with Crippen molar-refractivity contribution in [2.75, 3.05) is 5.75 Å². The van der Waals surface area contributed by atoms with Gasteiger partial charge in [0.05, 0.1) is 16.8 Å². The van der Waals surface area contributed by atoms with Crippen LogP contribution in [-0.4, -0.2) is 48.8 Å². The summed E-state index contributed by atoms with van der Waals surface area (Å²) in [5, 5.41) is 15.5. The topological polar surface area (TPSA) is 93.3 Å². The third-order valence-corrected chi connectivity index (χ3v) is 6.75. The third-order valence-electron chi connectivity index (χ3n) is 5.82. The zero-order valence-corrected chi connectivity index (χ0v) is 17.7. The molecular weight excluding hydrogens is 400 g/mol. The molecule has 2 N–H and O–H groups in total. The largest absolute Gasteiger partial charge is 0.353 e. The van der Waals surface area contributed by atoms with E-state index in [2.05, 4.69) is 20.8 Å². The zero-order valence-electron chi connectivity index (χ0n) is 16.8. The van der Waals surface area contributed by atoms with Crippen LogP contribution in [0.4, 0.5) is 0 Å². The lowest BCUT2D eigenvalue weighted by molar-refractivity contribution is -0.122. The summed E-state index contributed by atoms with van der Waals surface area (Å²) in [5.74, 6) is 0.958. The van der Waals surface area contributed by atoms with Gasteiger partial charge in [0.25, 0.3) is 0 Å². The SMILES string of the molecule is O=C(CSc1nnc2n(CC(=O)NC3CCCCC3)c3ccccc3n12)NC1CC1. The molecule has 0 unspecified atom stereocenters. The minimum atomic E-state index is 0.00571. The minimum Gasteiger partial charge on any atom is -0.353 e. The van der Waals surface area contributed by atoms with Crippen molar-refractivity contribution in [3.63, 3.8) is 0 Å². The Morgan fingerprint density at radius 1 is 0.933 bits per heavy atom. The van der Waals surface area contributed by atoms with E-state index in [-0.39, 0.29) is 24.4 Å². The normalized spacial score (nSPS) is 17.5. The number of amides is 2. The highest BCUT2D eigenvalue weighted by Crippen LogP contribution is 2.26. The maximum atomic E-state index is 12.7. The summed E-state index contributed by atoms with van der Waals surface area (Å²) in [4.78, 5) is 24.8. The number of rotatable bonds is 7. The summed E-state index contributed by atoms with van der Waals surface area (Å²) in [5.41, 5.74) is 1.87. The number of hydrogen-bond donors (Lipinski definition) is 2. The summed E-state index contributed by atoms with van der Waals surface area (Å²) in [6.45, 7) is 0.207. The van der Waals surface area contributed by atoms with Crippen molar-refractivity contribution in [1.82, 2.24) is 29.8 Å². The molecule has 0 aliphatic heterocycles. The zero-order chi connectivity index (χ0) is 20.5. The lowest BCUT2D eigenvalue weighted by Gasteiger charge is -2.22. The summed E-state index contributed by atoms with van der Waals surface area (Å²) in [6.07, 6.45) is 7.88. The van der Waals surface area contributed by atoms with Gasteiger partial charge in [-0.2, -0.15) is 0 Å². The van der Waals surface area contributed by atoms with E-state index < -0.39 is 0 Å². The predicted molar refractivity (Wildman–Crippen MR) is 115 cm³/mol. The molecule has 2 aliphatic rings. The number of carbonyl (C=O) groups excluding carboxylic acids is 2. The van der Waals surface area contributed by atoms with Crippen LogP contribution in [0.3, 0.4) is 0 Å². The standard InChI is InChI=1S/C21H26N6O2S/c28-18(22-14-6-2-1-3-7-14)12-26-16-8-4-5-9-17(16)27-20(26)24-25-21(27)30-13-19(29)23-15-10-11-15/h4-5,8-9,14-15H,1-3,6-7,10-13H2,(H,22,28)(H,23,29). The van der Waals surface area contributed by atoms with E-state index in [1.807, 2.05) is 33.2 Å². The molecule has 2 aromatic heterocycles. The Balaban J connectivity index is 1.38. The molecular formula is C21H26N6O2S. The van der Waals surface area contributed by atoms with E-state index in [1.165, 1.54) is 31.0 Å². The van der Waals surface area contributed by atoms with Crippen molar-refractivity contribution in [3.8, 4) is 0 Å². The average Bonchev–Trinajstić information content (AvgIpc) is 3.38. The lowest BCUT2D eigenvalue weighted by Crippen LogP contribution is -2.38. The molecule has 1 aromatic carbocycles. The molecule has 8 nitrogen and oxygen atoms in total. The number of nitrogens with one attached hydrogen (secondary N) is 2. The van der Waals surface area contributed by atoms with Crippen LogP contribution in [0.2, 0.25) is 0 Å². The van der Waals surface area contributed by atoms with Crippen LogP contribution >= 0.6 is 11.8 Å². The van der Waals surface area contributed by atoms with E-state index in [1.54, 1.807) is 0 Å². The van der Waals surface area contributed by atoms with Crippen LogP contribution in [0.15, 0.2) is 29.4 Å². The highest BCUT2D eigenvalue weighted by molar-refractivity contribution is 7.99. The Kier molecular flexibility index (Phi) is 5.37. The highest BCUT2D eigenvalue weighted by Gasteiger charge is 2.24. The summed E-state index contributed by atoms with van der Waals surface area (Å²) in [6, 6.07) is 8.53. The number of nitrogens with zero attached hydrogens (tertiary/aromatic N) is 4. The van der Waals surface area contributed by atoms with Gasteiger partial charge in [-0.1, -0.05) is 43.2 Å². The van der Waals surface area contributed by atoms with Crippen molar-refractivity contribution in [2.24, 2.45) is 0 Å². The molecule has 9 heteroatoms. The molecule has 0 atom stereocenters. The quantitative estimate of drug-likeness (QED) is 0.566. The molecule has 2 fully saturated rings. The fourth-order valence-electron chi connectivity index (χ4n) is 4.18. The Morgan fingerprint density at radius 2 is 1.63 bits per heavy atom. The number of carbonyl (C=O) groups is 2. The van der Waals surface area contributed by atoms with E-state index in [9.17, 15) is 9.59 Å². The number of thioether (sulfide) groups is 1. The predicted octanol–water partition coefficient (Wildman–Crippen LogP) is 2.50. The fourth-order valence-corrected chi connectivity index (χ4v) is 4.93. The van der Waals surface area contributed by atoms with Gasteiger partial charge < -0.3 is 10.6 Å². The molecule has 2 saturated carbocycles. The molecule has 30 heavy (non-hydrogen) atoms. The summed E-state index contributed by atoms with van der Waals surface area (Å²) in [7, 11) is 0. The molecule has 158 valence electrons. The van der Waals surface area contributed by atoms with Crippen molar-refractivity contribution in [2.45, 2.75) is 68.7 Å². The van der Waals surface area contributed by atoms with Gasteiger partial charge in [0.2, 0.25) is 17.6 Å². The number of aromatic nitrogens is 4. The van der Waals surface area contributed by atoms with Crippen molar-refractivity contribution in [3.05, 3.63) is 24.3 Å². The minimum absolute atomic E-state index is 0.00571. The second-order valence-electron chi connectivity index (χ2n) is 8.23. The van der Waals surface area contributed by atoms with Gasteiger partial charge in [0.15, 0.2) is 5.16 Å². The Morgan fingerprint density at radius 3 is 2.40 bits per heavy atom. The van der Waals surface area contributed by atoms with Crippen LogP contribution in [-0.2, 0) is 16.1 Å². The second kappa shape index (κ2) is 8.29. The molecule has 2 aliphatic carbocycles. The first-order valence-electron chi connectivity index (χ1n) is 10.7. The van der Waals surface area contributed by atoms with Crippen LogP contribution in [0, 0.1) is 0 Å². The fraction of sp³-hybridized carbons (Fsp3) is 0.524. The monoisotopic (exact) mass is 426 g/mol. The number of imidazole rings is 1. The third kappa shape index (κ3) is 4.03. The first kappa shape index (κ1) is 19.4. The van der Waals surface area contributed by atoms with Crippen LogP contribution in [0.5, 0.6) is 0 Å². The first-order valence-corrected chi connectivity index (χ1v) is 11.7. The molecule has 2 amide bonds. The van der Waals surface area contributed by atoms with E-state index in [0.29, 0.717) is 22.7 Å². The van der Waals surface area contributed by atoms with Gasteiger partial charge >= 0.3 is 0 Å². The molecule has 0 bridgehead atoms. The van der Waals surface area contributed by atoms with E-state index in [4.69, 9.17) is 0 Å². The van der Waals surface area contributed by atoms with E-state index >= 15 is 0 Å². The Bertz CT molecular complexity index is 1080. The first-order chi connectivity index (χ1) is 14.7. The van der Waals surface area contributed by atoms with Gasteiger partial charge in [0.1, 0.15) is 6.54 Å². The van der Waals surface area contributed by atoms with E-state index in [0.717, 1.165) is 36.7 Å². The van der Waals surface area contributed by atoms with Gasteiger partial charge in [-0.3, -0.25) is 18.6 Å². The number of fused-ring (bicyclic) bond motifs is 3. The molecule has 5 rings (SSSR count). The smallest absolute Gasteiger partial charge is 0.240 e. The molecule has 0 spiro atoms. The summed E-state index contributed by atoms with van der Waals surface area (Å²) < 4.78 is 3.85. The average molecular weight is 427 g/mol. The maximum absolute atomic E-state index is 12.7. The molecule has 0 radical (unpaired) electrons. The highest BCUT2D eigenvalue weighted by atomic mass is 32.2. The lowest BCUT2D eigenvalue weighted by atomic mass is 9.95. The summed E-state index contributed by atoms with van der Waals surface area (Å²) >= 11 is 1.37. The van der Waals surface area contributed by atoms with Gasteiger partial charge in [-0.15, -0.1) is 10.2 Å². The van der Waals surface area contributed by atoms with Gasteiger partial charge in [0, 0.05) is 12.1 Å². The number of benzene rings is 1. The van der Waals surface area contributed by atoms with Crippen molar-refractivity contribution in [1.29, 1.82) is 0 Å². The van der Waals surface area contributed by atoms with Crippen molar-refractivity contribution < 1.29 is 9.59 Å². The number of para-hydroxylation sites is 2. The van der Waals surface area contributed by atoms with Crippen LogP contribution < -0.4 is 10.6 Å². The van der Waals surface area contributed by atoms with Crippen LogP contribution in [0.25, 0.3) is 16.8 Å². The second-order valence-corrected chi connectivity index (χ2v) is 9.17. The number of hydrogen-bond acceptors (Lipinski definition) is 5. The molecule has 2 heterocycles. The maximum Gasteiger partial charge on any atom is 0.240 e. The molecule has 3 aromatic rings. The van der Waals surface area contributed by atoms with Crippen LogP contribution in [0.1, 0.15) is 44.9 Å². The Labute approximate surface area is 178 Å². The Hall–Kier alpha value is -2.55. The molecule has 0 saturated heterocycles. The van der Waals surface area contributed by atoms with Gasteiger partial charge in [-0.05, 0) is 37.8 Å². The van der Waals surface area contributed by atoms with Crippen molar-refractivity contribution >= 4 is 40.4 Å².